The highest BCUT2D eigenvalue weighted by atomic mass is 32.2. The quantitative estimate of drug-likeness (QED) is 0.593. The number of carbonyl (C=O) groups is 2. The summed E-state index contributed by atoms with van der Waals surface area (Å²) in [6.45, 7) is 2.47. The number of fused-ring (bicyclic) bond motifs is 2. The van der Waals surface area contributed by atoms with Crippen LogP contribution in [-0.2, 0) is 6.54 Å². The largest absolute Gasteiger partial charge is 0.347 e. The van der Waals surface area contributed by atoms with Crippen molar-refractivity contribution in [3.8, 4) is 0 Å². The first-order valence-electron chi connectivity index (χ1n) is 9.95. The van der Waals surface area contributed by atoms with E-state index in [1.165, 1.54) is 11.8 Å². The number of aromatic nitrogens is 1. The molecule has 0 aliphatic carbocycles. The first-order chi connectivity index (χ1) is 15.2. The molecule has 2 N–H and O–H groups in total. The average Bonchev–Trinajstić information content (AvgIpc) is 3.23. The minimum Gasteiger partial charge on any atom is -0.347 e. The number of nitrogens with zero attached hydrogens (tertiary/aromatic N) is 2. The zero-order valence-electron chi connectivity index (χ0n) is 16.6. The Hall–Kier alpha value is -2.49. The van der Waals surface area contributed by atoms with E-state index in [1.54, 1.807) is 23.5 Å². The summed E-state index contributed by atoms with van der Waals surface area (Å²) >= 11 is 5.12. The minimum atomic E-state index is -0.173. The number of hydrogen-bond acceptors (Lipinski definition) is 7. The Morgan fingerprint density at radius 3 is 2.84 bits per heavy atom. The minimum absolute atomic E-state index is 0.160. The van der Waals surface area contributed by atoms with Crippen LogP contribution >= 0.6 is 34.9 Å². The van der Waals surface area contributed by atoms with Crippen LogP contribution < -0.4 is 15.5 Å². The van der Waals surface area contributed by atoms with Gasteiger partial charge in [-0.15, -0.1) is 11.3 Å². The maximum atomic E-state index is 12.7. The van der Waals surface area contributed by atoms with Crippen molar-refractivity contribution < 1.29 is 9.59 Å². The first-order valence-corrected chi connectivity index (χ1v) is 12.7. The van der Waals surface area contributed by atoms with E-state index in [9.17, 15) is 9.59 Å². The summed E-state index contributed by atoms with van der Waals surface area (Å²) in [4.78, 5) is 35.0. The van der Waals surface area contributed by atoms with Crippen molar-refractivity contribution in [1.82, 2.24) is 10.3 Å². The number of anilines is 2. The lowest BCUT2D eigenvalue weighted by atomic mass is 10.1. The third kappa shape index (κ3) is 4.44. The van der Waals surface area contributed by atoms with Crippen LogP contribution in [0.15, 0.2) is 58.5 Å². The van der Waals surface area contributed by atoms with Crippen LogP contribution in [0, 0.1) is 0 Å². The van der Waals surface area contributed by atoms with Crippen LogP contribution in [0.1, 0.15) is 25.6 Å². The zero-order chi connectivity index (χ0) is 21.2. The van der Waals surface area contributed by atoms with Crippen molar-refractivity contribution in [2.24, 2.45) is 0 Å². The van der Waals surface area contributed by atoms with Gasteiger partial charge in [0.2, 0.25) is 0 Å². The number of nitrogens with one attached hydrogen (secondary N) is 2. The first kappa shape index (κ1) is 20.4. The standard InChI is InChI=1S/C22H20N4O2S3/c27-20(23-12-15-13-24-22(30-15)26-7-9-29-10-8-26)14-5-6-19-17(11-14)25-21(28)16-3-1-2-4-18(16)31-19/h1-6,11,13H,7-10,12H2,(H,23,27)(H,25,28). The average molecular weight is 469 g/mol. The van der Waals surface area contributed by atoms with Crippen molar-refractivity contribution in [1.29, 1.82) is 0 Å². The molecule has 2 amide bonds. The predicted molar refractivity (Wildman–Crippen MR) is 128 cm³/mol. The molecule has 2 aromatic carbocycles. The SMILES string of the molecule is O=C(NCc1cnc(N2CCSCC2)s1)c1ccc2c(c1)NC(=O)c1ccccc1S2. The van der Waals surface area contributed by atoms with Crippen LogP contribution in [0.3, 0.4) is 0 Å². The van der Waals surface area contributed by atoms with E-state index >= 15 is 0 Å². The van der Waals surface area contributed by atoms with E-state index in [4.69, 9.17) is 0 Å². The maximum Gasteiger partial charge on any atom is 0.256 e. The van der Waals surface area contributed by atoms with Crippen LogP contribution in [0.4, 0.5) is 10.8 Å². The lowest BCUT2D eigenvalue weighted by Gasteiger charge is -2.25. The number of thiazole rings is 1. The number of benzene rings is 2. The predicted octanol–water partition coefficient (Wildman–Crippen LogP) is 4.34. The van der Waals surface area contributed by atoms with Crippen LogP contribution in [0.25, 0.3) is 0 Å². The topological polar surface area (TPSA) is 74.3 Å². The third-order valence-electron chi connectivity index (χ3n) is 5.09. The molecule has 31 heavy (non-hydrogen) atoms. The Morgan fingerprint density at radius 2 is 1.97 bits per heavy atom. The monoisotopic (exact) mass is 468 g/mol. The van der Waals surface area contributed by atoms with Gasteiger partial charge >= 0.3 is 0 Å². The van der Waals surface area contributed by atoms with Gasteiger partial charge in [0, 0.05) is 51.0 Å². The number of hydrogen-bond donors (Lipinski definition) is 2. The van der Waals surface area contributed by atoms with Crippen molar-refractivity contribution in [3.63, 3.8) is 0 Å². The van der Waals surface area contributed by atoms with Gasteiger partial charge in [-0.05, 0) is 30.3 Å². The van der Waals surface area contributed by atoms with Crippen LogP contribution in [-0.4, -0.2) is 41.4 Å². The third-order valence-corrected chi connectivity index (χ3v) is 8.24. The van der Waals surface area contributed by atoms with E-state index in [0.29, 0.717) is 23.4 Å². The molecule has 9 heteroatoms. The summed E-state index contributed by atoms with van der Waals surface area (Å²) in [5.74, 6) is 1.93. The van der Waals surface area contributed by atoms with Crippen molar-refractivity contribution in [3.05, 3.63) is 64.7 Å². The van der Waals surface area contributed by atoms with Gasteiger partial charge in [0.05, 0.1) is 17.8 Å². The molecule has 1 saturated heterocycles. The molecular formula is C22H20N4O2S3. The highest BCUT2D eigenvalue weighted by Crippen LogP contribution is 2.39. The second-order valence-corrected chi connectivity index (χ2v) is 10.6. The second-order valence-electron chi connectivity index (χ2n) is 7.15. The molecule has 2 aliphatic rings. The number of rotatable bonds is 4. The molecule has 1 fully saturated rings. The van der Waals surface area contributed by atoms with E-state index in [-0.39, 0.29) is 11.8 Å². The molecule has 3 aromatic rings. The second kappa shape index (κ2) is 8.94. The van der Waals surface area contributed by atoms with E-state index in [0.717, 1.165) is 44.4 Å². The van der Waals surface area contributed by atoms with Crippen LogP contribution in [0.5, 0.6) is 0 Å². The van der Waals surface area contributed by atoms with E-state index in [2.05, 4.69) is 20.5 Å². The molecule has 0 bridgehead atoms. The summed E-state index contributed by atoms with van der Waals surface area (Å²) in [7, 11) is 0. The van der Waals surface area contributed by atoms with E-state index < -0.39 is 0 Å². The Bertz CT molecular complexity index is 1140. The molecule has 158 valence electrons. The summed E-state index contributed by atoms with van der Waals surface area (Å²) in [6.07, 6.45) is 1.84. The van der Waals surface area contributed by atoms with Gasteiger partial charge in [-0.2, -0.15) is 11.8 Å². The Morgan fingerprint density at radius 1 is 1.13 bits per heavy atom. The summed E-state index contributed by atoms with van der Waals surface area (Å²) < 4.78 is 0. The van der Waals surface area contributed by atoms with Gasteiger partial charge < -0.3 is 15.5 Å². The highest BCUT2D eigenvalue weighted by molar-refractivity contribution is 7.99. The highest BCUT2D eigenvalue weighted by Gasteiger charge is 2.21. The molecule has 3 heterocycles. The molecule has 1 aromatic heterocycles. The van der Waals surface area contributed by atoms with Gasteiger partial charge in [-0.1, -0.05) is 23.9 Å². The van der Waals surface area contributed by atoms with E-state index in [1.807, 2.05) is 48.3 Å². The van der Waals surface area contributed by atoms with Gasteiger partial charge in [-0.3, -0.25) is 9.59 Å². The molecule has 0 radical (unpaired) electrons. The molecule has 0 spiro atoms. The lowest BCUT2D eigenvalue weighted by molar-refractivity contribution is 0.0949. The number of carbonyl (C=O) groups excluding carboxylic acids is 2. The molecule has 0 saturated carbocycles. The zero-order valence-corrected chi connectivity index (χ0v) is 19.0. The molecule has 6 nitrogen and oxygen atoms in total. The summed E-state index contributed by atoms with van der Waals surface area (Å²) in [6, 6.07) is 12.9. The normalized spacial score (nSPS) is 15.5. The van der Waals surface area contributed by atoms with Gasteiger partial charge in [0.25, 0.3) is 11.8 Å². The Kier molecular flexibility index (Phi) is 5.89. The number of amides is 2. The molecule has 0 atom stereocenters. The summed E-state index contributed by atoms with van der Waals surface area (Å²) in [5, 5.41) is 6.93. The molecule has 0 unspecified atom stereocenters. The lowest BCUT2D eigenvalue weighted by Crippen LogP contribution is -2.32. The van der Waals surface area contributed by atoms with Crippen molar-refractivity contribution >= 4 is 57.5 Å². The fourth-order valence-electron chi connectivity index (χ4n) is 3.46. The Labute approximate surface area is 192 Å². The fourth-order valence-corrected chi connectivity index (χ4v) is 6.27. The van der Waals surface area contributed by atoms with Gasteiger partial charge in [-0.25, -0.2) is 4.98 Å². The fraction of sp³-hybridized carbons (Fsp3) is 0.227. The maximum absolute atomic E-state index is 12.7. The smallest absolute Gasteiger partial charge is 0.256 e. The van der Waals surface area contributed by atoms with Gasteiger partial charge in [0.15, 0.2) is 5.13 Å². The summed E-state index contributed by atoms with van der Waals surface area (Å²) in [5.41, 5.74) is 1.81. The molecule has 5 rings (SSSR count). The molecule has 2 aliphatic heterocycles. The van der Waals surface area contributed by atoms with Crippen molar-refractivity contribution in [2.75, 3.05) is 34.8 Å². The number of thioether (sulfide) groups is 1. The van der Waals surface area contributed by atoms with Crippen LogP contribution in [0.2, 0.25) is 0 Å². The van der Waals surface area contributed by atoms with Crippen molar-refractivity contribution in [2.45, 2.75) is 16.3 Å². The Balaban J connectivity index is 1.26. The van der Waals surface area contributed by atoms with Gasteiger partial charge in [0.1, 0.15) is 0 Å². The molecular weight excluding hydrogens is 448 g/mol.